The summed E-state index contributed by atoms with van der Waals surface area (Å²) in [5, 5.41) is 7.44. The van der Waals surface area contributed by atoms with Crippen LogP contribution in [0.3, 0.4) is 0 Å². The molecule has 0 spiro atoms. The van der Waals surface area contributed by atoms with Gasteiger partial charge in [0.05, 0.1) is 18.8 Å². The summed E-state index contributed by atoms with van der Waals surface area (Å²) in [7, 11) is 0. The van der Waals surface area contributed by atoms with Gasteiger partial charge in [0, 0.05) is 18.2 Å². The first-order chi connectivity index (χ1) is 7.36. The van der Waals surface area contributed by atoms with Crippen molar-refractivity contribution in [3.63, 3.8) is 0 Å². The standard InChI is InChI=1S/C10H11N3O2/c14-10-9-7(5-11-12-9)1-3-13(10)8-2-4-15-6-8/h1,3,5,8H,2,4,6H2,(H,11,12). The highest BCUT2D eigenvalue weighted by atomic mass is 16.5. The summed E-state index contributed by atoms with van der Waals surface area (Å²) in [6, 6.07) is 2.07. The molecule has 2 aromatic heterocycles. The highest BCUT2D eigenvalue weighted by Gasteiger charge is 2.19. The third-order valence-electron chi connectivity index (χ3n) is 2.83. The van der Waals surface area contributed by atoms with E-state index >= 15 is 0 Å². The van der Waals surface area contributed by atoms with Crippen molar-refractivity contribution in [3.05, 3.63) is 28.8 Å². The zero-order valence-electron chi connectivity index (χ0n) is 8.14. The zero-order chi connectivity index (χ0) is 10.3. The van der Waals surface area contributed by atoms with Crippen LogP contribution < -0.4 is 5.56 Å². The van der Waals surface area contributed by atoms with Gasteiger partial charge in [-0.25, -0.2) is 0 Å². The molecular weight excluding hydrogens is 194 g/mol. The molecular formula is C10H11N3O2. The Morgan fingerprint density at radius 3 is 3.33 bits per heavy atom. The van der Waals surface area contributed by atoms with Crippen molar-refractivity contribution in [2.24, 2.45) is 0 Å². The van der Waals surface area contributed by atoms with Crippen molar-refractivity contribution in [1.82, 2.24) is 14.8 Å². The van der Waals surface area contributed by atoms with E-state index in [2.05, 4.69) is 10.2 Å². The largest absolute Gasteiger partial charge is 0.379 e. The molecule has 1 aliphatic rings. The Labute approximate surface area is 85.7 Å². The van der Waals surface area contributed by atoms with Crippen LogP contribution in [0.2, 0.25) is 0 Å². The third-order valence-corrected chi connectivity index (χ3v) is 2.83. The van der Waals surface area contributed by atoms with Crippen LogP contribution in [0.5, 0.6) is 0 Å². The molecule has 0 radical (unpaired) electrons. The Morgan fingerprint density at radius 2 is 2.53 bits per heavy atom. The molecule has 0 aromatic carbocycles. The number of hydrogen-bond acceptors (Lipinski definition) is 3. The maximum atomic E-state index is 12.0. The molecule has 3 heterocycles. The summed E-state index contributed by atoms with van der Waals surface area (Å²) in [6.45, 7) is 1.36. The van der Waals surface area contributed by atoms with Crippen molar-refractivity contribution in [1.29, 1.82) is 0 Å². The van der Waals surface area contributed by atoms with Gasteiger partial charge in [-0.3, -0.25) is 9.89 Å². The summed E-state index contributed by atoms with van der Waals surface area (Å²) >= 11 is 0. The van der Waals surface area contributed by atoms with Crippen LogP contribution in [0.1, 0.15) is 12.5 Å². The van der Waals surface area contributed by atoms with Crippen LogP contribution in [-0.4, -0.2) is 28.0 Å². The minimum Gasteiger partial charge on any atom is -0.379 e. The predicted molar refractivity (Wildman–Crippen MR) is 54.8 cm³/mol. The summed E-state index contributed by atoms with van der Waals surface area (Å²) in [5.74, 6) is 0. The monoisotopic (exact) mass is 205 g/mol. The zero-order valence-corrected chi connectivity index (χ0v) is 8.14. The van der Waals surface area contributed by atoms with Crippen LogP contribution in [0.25, 0.3) is 10.9 Å². The Balaban J connectivity index is 2.18. The quantitative estimate of drug-likeness (QED) is 0.745. The van der Waals surface area contributed by atoms with Crippen LogP contribution in [0, 0.1) is 0 Å². The van der Waals surface area contributed by atoms with Crippen LogP contribution >= 0.6 is 0 Å². The second kappa shape index (κ2) is 3.20. The summed E-state index contributed by atoms with van der Waals surface area (Å²) in [4.78, 5) is 12.0. The smallest absolute Gasteiger partial charge is 0.276 e. The lowest BCUT2D eigenvalue weighted by Gasteiger charge is -2.11. The van der Waals surface area contributed by atoms with E-state index in [1.165, 1.54) is 0 Å². The van der Waals surface area contributed by atoms with Gasteiger partial charge in [0.15, 0.2) is 0 Å². The lowest BCUT2D eigenvalue weighted by molar-refractivity contribution is 0.186. The number of rotatable bonds is 1. The molecule has 0 bridgehead atoms. The number of ether oxygens (including phenoxy) is 1. The van der Waals surface area contributed by atoms with Gasteiger partial charge >= 0.3 is 0 Å². The molecule has 0 saturated carbocycles. The average Bonchev–Trinajstić information content (AvgIpc) is 2.87. The van der Waals surface area contributed by atoms with E-state index in [9.17, 15) is 4.79 Å². The molecule has 1 aliphatic heterocycles. The summed E-state index contributed by atoms with van der Waals surface area (Å²) in [6.07, 6.45) is 4.38. The number of aromatic nitrogens is 3. The minimum atomic E-state index is -0.0134. The van der Waals surface area contributed by atoms with E-state index < -0.39 is 0 Å². The first-order valence-corrected chi connectivity index (χ1v) is 4.98. The van der Waals surface area contributed by atoms with Gasteiger partial charge in [-0.05, 0) is 12.5 Å². The van der Waals surface area contributed by atoms with E-state index in [1.807, 2.05) is 12.3 Å². The Morgan fingerprint density at radius 1 is 1.60 bits per heavy atom. The van der Waals surface area contributed by atoms with Crippen molar-refractivity contribution < 1.29 is 4.74 Å². The number of aromatic amines is 1. The second-order valence-electron chi connectivity index (χ2n) is 3.75. The van der Waals surface area contributed by atoms with Gasteiger partial charge < -0.3 is 9.30 Å². The van der Waals surface area contributed by atoms with Crippen molar-refractivity contribution >= 4 is 10.9 Å². The first kappa shape index (κ1) is 8.67. The number of nitrogens with one attached hydrogen (secondary N) is 1. The van der Waals surface area contributed by atoms with E-state index in [4.69, 9.17) is 4.74 Å². The van der Waals surface area contributed by atoms with E-state index in [1.54, 1.807) is 10.8 Å². The number of hydrogen-bond donors (Lipinski definition) is 1. The van der Waals surface area contributed by atoms with Gasteiger partial charge in [0.25, 0.3) is 5.56 Å². The van der Waals surface area contributed by atoms with Gasteiger partial charge in [-0.15, -0.1) is 0 Å². The number of nitrogens with zero attached hydrogens (tertiary/aromatic N) is 2. The lowest BCUT2D eigenvalue weighted by atomic mass is 10.2. The second-order valence-corrected chi connectivity index (χ2v) is 3.75. The average molecular weight is 205 g/mol. The maximum absolute atomic E-state index is 12.0. The Kier molecular flexibility index (Phi) is 1.85. The van der Waals surface area contributed by atoms with Gasteiger partial charge in [0.2, 0.25) is 0 Å². The molecule has 1 atom stereocenters. The molecule has 1 N–H and O–H groups in total. The van der Waals surface area contributed by atoms with Crippen LogP contribution in [0.4, 0.5) is 0 Å². The third kappa shape index (κ3) is 1.27. The molecule has 3 rings (SSSR count). The summed E-state index contributed by atoms with van der Waals surface area (Å²) in [5.41, 5.74) is 0.560. The Bertz CT molecular complexity index is 537. The lowest BCUT2D eigenvalue weighted by Crippen LogP contribution is -2.24. The molecule has 1 unspecified atom stereocenters. The molecule has 15 heavy (non-hydrogen) atoms. The molecule has 2 aromatic rings. The van der Waals surface area contributed by atoms with Crippen LogP contribution in [-0.2, 0) is 4.74 Å². The van der Waals surface area contributed by atoms with Crippen molar-refractivity contribution in [3.8, 4) is 0 Å². The van der Waals surface area contributed by atoms with E-state index in [0.29, 0.717) is 12.1 Å². The van der Waals surface area contributed by atoms with Crippen molar-refractivity contribution in [2.45, 2.75) is 12.5 Å². The first-order valence-electron chi connectivity index (χ1n) is 4.98. The van der Waals surface area contributed by atoms with Gasteiger partial charge in [0.1, 0.15) is 5.52 Å². The number of pyridine rings is 1. The van der Waals surface area contributed by atoms with Gasteiger partial charge in [-0.2, -0.15) is 5.10 Å². The fraction of sp³-hybridized carbons (Fsp3) is 0.400. The molecule has 0 aliphatic carbocycles. The maximum Gasteiger partial charge on any atom is 0.276 e. The normalized spacial score (nSPS) is 21.2. The predicted octanol–water partition coefficient (Wildman–Crippen LogP) is 0.686. The van der Waals surface area contributed by atoms with Crippen LogP contribution in [0.15, 0.2) is 23.3 Å². The van der Waals surface area contributed by atoms with Gasteiger partial charge in [-0.1, -0.05) is 0 Å². The van der Waals surface area contributed by atoms with E-state index in [-0.39, 0.29) is 11.6 Å². The van der Waals surface area contributed by atoms with Crippen molar-refractivity contribution in [2.75, 3.05) is 13.2 Å². The SMILES string of the molecule is O=c1c2[nH]ncc2ccn1C1CCOC1. The number of fused-ring (bicyclic) bond motifs is 1. The molecule has 0 amide bonds. The fourth-order valence-corrected chi connectivity index (χ4v) is 1.98. The highest BCUT2D eigenvalue weighted by Crippen LogP contribution is 2.17. The number of H-pyrrole nitrogens is 1. The molecule has 1 fully saturated rings. The Hall–Kier alpha value is -1.62. The molecule has 5 nitrogen and oxygen atoms in total. The highest BCUT2D eigenvalue weighted by molar-refractivity contribution is 5.76. The summed E-state index contributed by atoms with van der Waals surface area (Å²) < 4.78 is 7.00. The fourth-order valence-electron chi connectivity index (χ4n) is 1.98. The van der Waals surface area contributed by atoms with E-state index in [0.717, 1.165) is 18.4 Å². The molecule has 5 heteroatoms. The topological polar surface area (TPSA) is 59.9 Å². The minimum absolute atomic E-state index is 0.0134. The molecule has 1 saturated heterocycles. The molecule has 78 valence electrons.